The molecule has 1 saturated carbocycles. The summed E-state index contributed by atoms with van der Waals surface area (Å²) in [6.07, 6.45) is 7.34. The Hall–Kier alpha value is -1.36. The van der Waals surface area contributed by atoms with Crippen molar-refractivity contribution in [2.75, 3.05) is 6.54 Å². The molecular formula is C14H21N3O2. The van der Waals surface area contributed by atoms with Gasteiger partial charge < -0.3 is 5.11 Å². The molecule has 1 aliphatic carbocycles. The zero-order valence-electron chi connectivity index (χ0n) is 11.3. The number of hydrogen-bond donors (Lipinski definition) is 1. The highest BCUT2D eigenvalue weighted by molar-refractivity contribution is 5.74. The number of aryl methyl sites for hydroxylation is 1. The maximum absolute atomic E-state index is 11.5. The minimum Gasteiger partial charge on any atom is -0.480 e. The molecule has 5 nitrogen and oxygen atoms in total. The molecule has 1 aliphatic heterocycles. The Morgan fingerprint density at radius 2 is 2.37 bits per heavy atom. The summed E-state index contributed by atoms with van der Waals surface area (Å²) in [6, 6.07) is -0.294. The van der Waals surface area contributed by atoms with E-state index in [0.717, 1.165) is 25.1 Å². The first kappa shape index (κ1) is 12.7. The van der Waals surface area contributed by atoms with Crippen molar-refractivity contribution in [2.45, 2.75) is 45.3 Å². The molecule has 3 rings (SSSR count). The number of likely N-dealkylation sites (tertiary alicyclic amines) is 1. The normalized spacial score (nSPS) is 30.7. The highest BCUT2D eigenvalue weighted by Gasteiger charge is 2.47. The third-order valence-electron chi connectivity index (χ3n) is 4.64. The molecule has 1 saturated heterocycles. The predicted molar refractivity (Wildman–Crippen MR) is 70.6 cm³/mol. The number of carbonyl (C=O) groups is 1. The van der Waals surface area contributed by atoms with Crippen LogP contribution in [-0.4, -0.2) is 38.3 Å². The summed E-state index contributed by atoms with van der Waals surface area (Å²) >= 11 is 0. The van der Waals surface area contributed by atoms with Crippen molar-refractivity contribution in [3.8, 4) is 0 Å². The lowest BCUT2D eigenvalue weighted by molar-refractivity contribution is -0.143. The lowest BCUT2D eigenvalue weighted by atomic mass is 9.94. The van der Waals surface area contributed by atoms with Crippen molar-refractivity contribution in [3.05, 3.63) is 18.0 Å². The van der Waals surface area contributed by atoms with Gasteiger partial charge in [-0.05, 0) is 31.6 Å². The van der Waals surface area contributed by atoms with E-state index >= 15 is 0 Å². The second-order valence-electron chi connectivity index (χ2n) is 5.77. The fourth-order valence-corrected chi connectivity index (χ4v) is 3.79. The quantitative estimate of drug-likeness (QED) is 0.896. The molecule has 2 heterocycles. The first-order chi connectivity index (χ1) is 9.19. The number of aliphatic carboxylic acids is 1. The van der Waals surface area contributed by atoms with Crippen molar-refractivity contribution in [1.82, 2.24) is 14.7 Å². The Balaban J connectivity index is 1.74. The van der Waals surface area contributed by atoms with E-state index in [1.54, 1.807) is 0 Å². The molecule has 19 heavy (non-hydrogen) atoms. The van der Waals surface area contributed by atoms with E-state index < -0.39 is 5.97 Å². The molecule has 0 aromatic carbocycles. The van der Waals surface area contributed by atoms with Gasteiger partial charge in [-0.25, -0.2) is 0 Å². The number of rotatable bonds is 4. The van der Waals surface area contributed by atoms with Crippen LogP contribution in [0.1, 0.15) is 31.7 Å². The summed E-state index contributed by atoms with van der Waals surface area (Å²) in [6.45, 7) is 4.55. The van der Waals surface area contributed by atoms with E-state index in [2.05, 4.69) is 16.9 Å². The van der Waals surface area contributed by atoms with Gasteiger partial charge in [-0.3, -0.25) is 14.4 Å². The van der Waals surface area contributed by atoms with Crippen molar-refractivity contribution in [2.24, 2.45) is 11.8 Å². The summed E-state index contributed by atoms with van der Waals surface area (Å²) in [5, 5.41) is 13.8. The molecule has 0 spiro atoms. The third kappa shape index (κ3) is 2.27. The van der Waals surface area contributed by atoms with E-state index in [1.165, 1.54) is 12.8 Å². The van der Waals surface area contributed by atoms with Crippen LogP contribution in [0.25, 0.3) is 0 Å². The van der Waals surface area contributed by atoms with Crippen LogP contribution >= 0.6 is 0 Å². The van der Waals surface area contributed by atoms with E-state index in [-0.39, 0.29) is 6.04 Å². The van der Waals surface area contributed by atoms with Gasteiger partial charge in [0.25, 0.3) is 0 Å². The molecule has 2 aliphatic rings. The van der Waals surface area contributed by atoms with Crippen LogP contribution < -0.4 is 0 Å². The topological polar surface area (TPSA) is 58.4 Å². The Morgan fingerprint density at radius 3 is 3.05 bits per heavy atom. The van der Waals surface area contributed by atoms with Crippen LogP contribution in [0.5, 0.6) is 0 Å². The zero-order valence-corrected chi connectivity index (χ0v) is 11.3. The first-order valence-corrected chi connectivity index (χ1v) is 7.17. The molecule has 3 unspecified atom stereocenters. The zero-order chi connectivity index (χ0) is 13.4. The van der Waals surface area contributed by atoms with Gasteiger partial charge in [0.2, 0.25) is 0 Å². The molecule has 1 aromatic heterocycles. The summed E-state index contributed by atoms with van der Waals surface area (Å²) in [4.78, 5) is 13.7. The van der Waals surface area contributed by atoms with Gasteiger partial charge in [0, 0.05) is 31.4 Å². The predicted octanol–water partition coefficient (Wildman–Crippen LogP) is 1.59. The van der Waals surface area contributed by atoms with Gasteiger partial charge in [-0.15, -0.1) is 0 Å². The molecule has 1 aromatic rings. The largest absolute Gasteiger partial charge is 0.480 e. The Morgan fingerprint density at radius 1 is 1.53 bits per heavy atom. The van der Waals surface area contributed by atoms with E-state index in [0.29, 0.717) is 18.4 Å². The van der Waals surface area contributed by atoms with Gasteiger partial charge in [-0.2, -0.15) is 5.10 Å². The minimum absolute atomic E-state index is 0.294. The van der Waals surface area contributed by atoms with Gasteiger partial charge in [-0.1, -0.05) is 6.42 Å². The molecule has 0 amide bonds. The average molecular weight is 263 g/mol. The van der Waals surface area contributed by atoms with Crippen LogP contribution in [0.15, 0.2) is 12.4 Å². The maximum atomic E-state index is 11.5. The Labute approximate surface area is 113 Å². The minimum atomic E-state index is -0.655. The van der Waals surface area contributed by atoms with E-state index in [1.807, 2.05) is 17.1 Å². The highest BCUT2D eigenvalue weighted by atomic mass is 16.4. The molecule has 104 valence electrons. The summed E-state index contributed by atoms with van der Waals surface area (Å²) in [7, 11) is 0. The Bertz CT molecular complexity index is 471. The lowest BCUT2D eigenvalue weighted by Gasteiger charge is -2.23. The molecule has 0 radical (unpaired) electrons. The monoisotopic (exact) mass is 263 g/mol. The SMILES string of the molecule is CCn1cc(CN2CC3CCCC3C2C(=O)O)cn1. The van der Waals surface area contributed by atoms with E-state index in [9.17, 15) is 9.90 Å². The van der Waals surface area contributed by atoms with Gasteiger partial charge >= 0.3 is 5.97 Å². The fraction of sp³-hybridized carbons (Fsp3) is 0.714. The number of fused-ring (bicyclic) bond motifs is 1. The molecular weight excluding hydrogens is 242 g/mol. The molecule has 5 heteroatoms. The van der Waals surface area contributed by atoms with Crippen LogP contribution in [-0.2, 0) is 17.9 Å². The lowest BCUT2D eigenvalue weighted by Crippen LogP contribution is -2.39. The van der Waals surface area contributed by atoms with Crippen molar-refractivity contribution in [1.29, 1.82) is 0 Å². The summed E-state index contributed by atoms with van der Waals surface area (Å²) in [5.74, 6) is 0.290. The Kier molecular flexibility index (Phi) is 3.31. The van der Waals surface area contributed by atoms with Crippen molar-refractivity contribution in [3.63, 3.8) is 0 Å². The van der Waals surface area contributed by atoms with Crippen molar-refractivity contribution < 1.29 is 9.90 Å². The van der Waals surface area contributed by atoms with Crippen molar-refractivity contribution >= 4 is 5.97 Å². The maximum Gasteiger partial charge on any atom is 0.321 e. The molecule has 2 fully saturated rings. The average Bonchev–Trinajstić information content (AvgIpc) is 3.03. The van der Waals surface area contributed by atoms with Crippen LogP contribution in [0.3, 0.4) is 0 Å². The van der Waals surface area contributed by atoms with Crippen LogP contribution in [0.2, 0.25) is 0 Å². The number of carboxylic acids is 1. The third-order valence-corrected chi connectivity index (χ3v) is 4.64. The number of nitrogens with zero attached hydrogens (tertiary/aromatic N) is 3. The highest BCUT2D eigenvalue weighted by Crippen LogP contribution is 2.42. The standard InChI is InChI=1S/C14H21N3O2/c1-2-17-8-10(6-15-17)7-16-9-11-4-3-5-12(11)13(16)14(18)19/h6,8,11-13H,2-5,7,9H2,1H3,(H,18,19). The van der Waals surface area contributed by atoms with Gasteiger partial charge in [0.05, 0.1) is 6.20 Å². The summed E-state index contributed by atoms with van der Waals surface area (Å²) in [5.41, 5.74) is 1.12. The van der Waals surface area contributed by atoms with Gasteiger partial charge in [0.1, 0.15) is 6.04 Å². The van der Waals surface area contributed by atoms with Gasteiger partial charge in [0.15, 0.2) is 0 Å². The van der Waals surface area contributed by atoms with Crippen LogP contribution in [0.4, 0.5) is 0 Å². The summed E-state index contributed by atoms with van der Waals surface area (Å²) < 4.78 is 1.89. The number of aromatic nitrogens is 2. The fourth-order valence-electron chi connectivity index (χ4n) is 3.79. The van der Waals surface area contributed by atoms with Crippen LogP contribution in [0, 0.1) is 11.8 Å². The number of hydrogen-bond acceptors (Lipinski definition) is 3. The second-order valence-corrected chi connectivity index (χ2v) is 5.77. The second kappa shape index (κ2) is 4.96. The molecule has 1 N–H and O–H groups in total. The smallest absolute Gasteiger partial charge is 0.321 e. The molecule has 3 atom stereocenters. The van der Waals surface area contributed by atoms with E-state index in [4.69, 9.17) is 0 Å². The number of carboxylic acid groups (broad SMARTS) is 1. The molecule has 0 bridgehead atoms. The first-order valence-electron chi connectivity index (χ1n) is 7.17.